The SMILES string of the molecule is CCCCCCCCC(C(=O)NC(O)CCN1CCOCC1)c1ccccc1. The molecule has 0 saturated carbocycles. The minimum absolute atomic E-state index is 0.0609. The molecule has 1 aliphatic heterocycles. The lowest BCUT2D eigenvalue weighted by molar-refractivity contribution is -0.126. The van der Waals surface area contributed by atoms with E-state index in [4.69, 9.17) is 4.74 Å². The molecule has 0 radical (unpaired) electrons. The van der Waals surface area contributed by atoms with Crippen LogP contribution in [-0.2, 0) is 9.53 Å². The van der Waals surface area contributed by atoms with E-state index in [1.54, 1.807) is 0 Å². The number of ether oxygens (including phenoxy) is 1. The van der Waals surface area contributed by atoms with E-state index < -0.39 is 6.23 Å². The first-order chi connectivity index (χ1) is 13.7. The predicted molar refractivity (Wildman–Crippen MR) is 113 cm³/mol. The number of unbranched alkanes of at least 4 members (excludes halogenated alkanes) is 5. The normalized spacial score (nSPS) is 17.2. The van der Waals surface area contributed by atoms with E-state index in [9.17, 15) is 9.90 Å². The van der Waals surface area contributed by atoms with Gasteiger partial charge in [-0.1, -0.05) is 75.8 Å². The van der Waals surface area contributed by atoms with Crippen LogP contribution in [0.2, 0.25) is 0 Å². The van der Waals surface area contributed by atoms with Crippen molar-refractivity contribution in [3.05, 3.63) is 35.9 Å². The Hall–Kier alpha value is -1.43. The molecule has 2 rings (SSSR count). The summed E-state index contributed by atoms with van der Waals surface area (Å²) in [6.45, 7) is 6.28. The third-order valence-electron chi connectivity index (χ3n) is 5.50. The Morgan fingerprint density at radius 2 is 1.75 bits per heavy atom. The lowest BCUT2D eigenvalue weighted by Gasteiger charge is -2.27. The molecule has 5 heteroatoms. The van der Waals surface area contributed by atoms with Crippen molar-refractivity contribution in [3.8, 4) is 0 Å². The topological polar surface area (TPSA) is 61.8 Å². The van der Waals surface area contributed by atoms with Gasteiger partial charge in [0.15, 0.2) is 0 Å². The number of rotatable bonds is 13. The Morgan fingerprint density at radius 3 is 2.46 bits per heavy atom. The van der Waals surface area contributed by atoms with Crippen molar-refractivity contribution in [2.24, 2.45) is 0 Å². The molecule has 1 amide bonds. The van der Waals surface area contributed by atoms with Crippen LogP contribution in [0.15, 0.2) is 30.3 Å². The Balaban J connectivity index is 1.80. The molecule has 1 aromatic rings. The van der Waals surface area contributed by atoms with Crippen LogP contribution in [0, 0.1) is 0 Å². The quantitative estimate of drug-likeness (QED) is 0.398. The molecular weight excluding hydrogens is 352 g/mol. The highest BCUT2D eigenvalue weighted by Crippen LogP contribution is 2.23. The number of aliphatic hydroxyl groups excluding tert-OH is 1. The summed E-state index contributed by atoms with van der Waals surface area (Å²) >= 11 is 0. The molecule has 28 heavy (non-hydrogen) atoms. The molecule has 1 saturated heterocycles. The number of nitrogens with one attached hydrogen (secondary N) is 1. The molecule has 2 unspecified atom stereocenters. The number of hydrogen-bond acceptors (Lipinski definition) is 4. The average Bonchev–Trinajstić information content (AvgIpc) is 2.73. The highest BCUT2D eigenvalue weighted by Gasteiger charge is 2.22. The molecule has 1 aliphatic rings. The maximum atomic E-state index is 12.9. The van der Waals surface area contributed by atoms with Crippen LogP contribution < -0.4 is 5.32 Å². The summed E-state index contributed by atoms with van der Waals surface area (Å²) in [5.41, 5.74) is 1.04. The van der Waals surface area contributed by atoms with E-state index in [1.165, 1.54) is 25.7 Å². The summed E-state index contributed by atoms with van der Waals surface area (Å²) in [5, 5.41) is 13.2. The maximum absolute atomic E-state index is 12.9. The Bertz CT molecular complexity index is 532. The third kappa shape index (κ3) is 8.72. The molecular formula is C23H38N2O3. The number of carbonyl (C=O) groups is 1. The summed E-state index contributed by atoms with van der Waals surface area (Å²) in [7, 11) is 0. The Kier molecular flexibility index (Phi) is 11.2. The van der Waals surface area contributed by atoms with Gasteiger partial charge in [0.2, 0.25) is 5.91 Å². The van der Waals surface area contributed by atoms with Gasteiger partial charge in [0.05, 0.1) is 19.1 Å². The van der Waals surface area contributed by atoms with Gasteiger partial charge in [-0.25, -0.2) is 0 Å². The second-order valence-electron chi connectivity index (χ2n) is 7.79. The van der Waals surface area contributed by atoms with Crippen molar-refractivity contribution >= 4 is 5.91 Å². The van der Waals surface area contributed by atoms with Crippen LogP contribution in [0.5, 0.6) is 0 Å². The molecule has 0 bridgehead atoms. The van der Waals surface area contributed by atoms with Crippen LogP contribution in [0.1, 0.15) is 69.8 Å². The van der Waals surface area contributed by atoms with Crippen molar-refractivity contribution in [2.45, 2.75) is 70.4 Å². The number of nitrogens with zero attached hydrogens (tertiary/aromatic N) is 1. The summed E-state index contributed by atoms with van der Waals surface area (Å²) < 4.78 is 5.35. The summed E-state index contributed by atoms with van der Waals surface area (Å²) in [6.07, 6.45) is 7.83. The standard InChI is InChI=1S/C23H38N2O3/c1-2-3-4-5-6-10-13-21(20-11-8-7-9-12-20)23(27)24-22(26)14-15-25-16-18-28-19-17-25/h7-9,11-12,21-22,26H,2-6,10,13-19H2,1H3,(H,24,27). The molecule has 1 fully saturated rings. The second kappa shape index (κ2) is 13.7. The number of aliphatic hydroxyl groups is 1. The van der Waals surface area contributed by atoms with Crippen LogP contribution in [0.3, 0.4) is 0 Å². The predicted octanol–water partition coefficient (Wildman–Crippen LogP) is 3.68. The fourth-order valence-corrected chi connectivity index (χ4v) is 3.73. The largest absolute Gasteiger partial charge is 0.379 e. The van der Waals surface area contributed by atoms with Crippen LogP contribution >= 0.6 is 0 Å². The Morgan fingerprint density at radius 1 is 1.07 bits per heavy atom. The molecule has 1 heterocycles. The van der Waals surface area contributed by atoms with Crippen LogP contribution in [-0.4, -0.2) is 55.0 Å². The number of morpholine rings is 1. The molecule has 0 aromatic heterocycles. The zero-order valence-electron chi connectivity index (χ0n) is 17.4. The molecule has 158 valence electrons. The van der Waals surface area contributed by atoms with Crippen molar-refractivity contribution in [1.82, 2.24) is 10.2 Å². The molecule has 0 aliphatic carbocycles. The van der Waals surface area contributed by atoms with Gasteiger partial charge in [-0.2, -0.15) is 0 Å². The van der Waals surface area contributed by atoms with E-state index in [-0.39, 0.29) is 11.8 Å². The van der Waals surface area contributed by atoms with Crippen LogP contribution in [0.4, 0.5) is 0 Å². The zero-order chi connectivity index (χ0) is 20.0. The molecule has 0 spiro atoms. The Labute approximate surface area is 170 Å². The van der Waals surface area contributed by atoms with Crippen molar-refractivity contribution < 1.29 is 14.6 Å². The van der Waals surface area contributed by atoms with E-state index in [0.717, 1.165) is 57.7 Å². The lowest BCUT2D eigenvalue weighted by atomic mass is 9.92. The van der Waals surface area contributed by atoms with E-state index in [2.05, 4.69) is 17.1 Å². The second-order valence-corrected chi connectivity index (χ2v) is 7.79. The van der Waals surface area contributed by atoms with Gasteiger partial charge < -0.3 is 15.2 Å². The molecule has 5 nitrogen and oxygen atoms in total. The van der Waals surface area contributed by atoms with Gasteiger partial charge in [0, 0.05) is 26.1 Å². The zero-order valence-corrected chi connectivity index (χ0v) is 17.4. The number of benzene rings is 1. The minimum atomic E-state index is -0.800. The highest BCUT2D eigenvalue weighted by molar-refractivity contribution is 5.83. The summed E-state index contributed by atoms with van der Waals surface area (Å²) in [6, 6.07) is 9.96. The monoisotopic (exact) mass is 390 g/mol. The number of amides is 1. The van der Waals surface area contributed by atoms with Gasteiger partial charge in [-0.3, -0.25) is 9.69 Å². The van der Waals surface area contributed by atoms with Crippen molar-refractivity contribution in [3.63, 3.8) is 0 Å². The molecule has 1 aromatic carbocycles. The van der Waals surface area contributed by atoms with Gasteiger partial charge in [-0.15, -0.1) is 0 Å². The van der Waals surface area contributed by atoms with Crippen molar-refractivity contribution in [1.29, 1.82) is 0 Å². The fourth-order valence-electron chi connectivity index (χ4n) is 3.73. The first-order valence-electron chi connectivity index (χ1n) is 11.0. The number of carbonyl (C=O) groups excluding carboxylic acids is 1. The molecule has 2 N–H and O–H groups in total. The third-order valence-corrected chi connectivity index (χ3v) is 5.50. The van der Waals surface area contributed by atoms with Gasteiger partial charge in [0.25, 0.3) is 0 Å². The van der Waals surface area contributed by atoms with E-state index in [1.807, 2.05) is 30.3 Å². The van der Waals surface area contributed by atoms with Crippen molar-refractivity contribution in [2.75, 3.05) is 32.8 Å². The van der Waals surface area contributed by atoms with Gasteiger partial charge in [-0.05, 0) is 12.0 Å². The highest BCUT2D eigenvalue weighted by atomic mass is 16.5. The van der Waals surface area contributed by atoms with E-state index in [0.29, 0.717) is 6.42 Å². The average molecular weight is 391 g/mol. The maximum Gasteiger partial charge on any atom is 0.229 e. The molecule has 2 atom stereocenters. The first-order valence-corrected chi connectivity index (χ1v) is 11.0. The minimum Gasteiger partial charge on any atom is -0.379 e. The lowest BCUT2D eigenvalue weighted by Crippen LogP contribution is -2.42. The van der Waals surface area contributed by atoms with Crippen LogP contribution in [0.25, 0.3) is 0 Å². The van der Waals surface area contributed by atoms with Gasteiger partial charge >= 0.3 is 0 Å². The van der Waals surface area contributed by atoms with E-state index >= 15 is 0 Å². The number of hydrogen-bond donors (Lipinski definition) is 2. The first kappa shape index (κ1) is 22.9. The van der Waals surface area contributed by atoms with Gasteiger partial charge in [0.1, 0.15) is 6.23 Å². The summed E-state index contributed by atoms with van der Waals surface area (Å²) in [4.78, 5) is 15.1. The summed E-state index contributed by atoms with van der Waals surface area (Å²) in [5.74, 6) is -0.250. The smallest absolute Gasteiger partial charge is 0.229 e. The fraction of sp³-hybridized carbons (Fsp3) is 0.696.